The van der Waals surface area contributed by atoms with Crippen molar-refractivity contribution in [3.8, 4) is 11.8 Å². The van der Waals surface area contributed by atoms with E-state index in [1.54, 1.807) is 42.1 Å². The Labute approximate surface area is 203 Å². The maximum Gasteiger partial charge on any atom is 0.308 e. The first-order valence-corrected chi connectivity index (χ1v) is 11.4. The lowest BCUT2D eigenvalue weighted by molar-refractivity contribution is -0.131. The van der Waals surface area contributed by atoms with Crippen LogP contribution in [0.25, 0.3) is 0 Å². The van der Waals surface area contributed by atoms with E-state index in [1.807, 2.05) is 48.2 Å². The number of esters is 1. The van der Waals surface area contributed by atoms with Gasteiger partial charge in [-0.2, -0.15) is 5.26 Å². The molecule has 0 aromatic heterocycles. The minimum Gasteiger partial charge on any atom is -0.427 e. The van der Waals surface area contributed by atoms with Gasteiger partial charge in [0, 0.05) is 23.9 Å². The fraction of sp³-hybridized carbons (Fsp3) is 0.185. The zero-order valence-electron chi connectivity index (χ0n) is 18.7. The number of anilines is 1. The molecular weight excluding hydrogens is 448 g/mol. The van der Waals surface area contributed by atoms with Crippen LogP contribution in [0.3, 0.4) is 0 Å². The van der Waals surface area contributed by atoms with E-state index in [0.717, 1.165) is 21.2 Å². The molecule has 0 saturated heterocycles. The van der Waals surface area contributed by atoms with E-state index < -0.39 is 11.6 Å². The van der Waals surface area contributed by atoms with Crippen LogP contribution in [0.5, 0.6) is 5.75 Å². The van der Waals surface area contributed by atoms with Gasteiger partial charge in [0.2, 0.25) is 0 Å². The molecular formula is C27H22N2O4S. The van der Waals surface area contributed by atoms with Crippen LogP contribution in [0.2, 0.25) is 0 Å². The predicted molar refractivity (Wildman–Crippen MR) is 130 cm³/mol. The van der Waals surface area contributed by atoms with Crippen LogP contribution < -0.4 is 9.64 Å². The molecule has 0 fully saturated rings. The highest BCUT2D eigenvalue weighted by molar-refractivity contribution is 8.03. The molecule has 2 aromatic rings. The van der Waals surface area contributed by atoms with Crippen molar-refractivity contribution in [2.45, 2.75) is 24.3 Å². The number of hydrogen-bond donors (Lipinski definition) is 1. The highest BCUT2D eigenvalue weighted by atomic mass is 32.2. The number of β-amino-alcohol motifs (C(OH)–C–C–N with tert-alkyl or cyclic N) is 1. The van der Waals surface area contributed by atoms with Gasteiger partial charge in [0.05, 0.1) is 23.9 Å². The number of para-hydroxylation sites is 1. The van der Waals surface area contributed by atoms with Gasteiger partial charge in [0.25, 0.3) is 0 Å². The largest absolute Gasteiger partial charge is 0.427 e. The minimum atomic E-state index is -0.918. The predicted octanol–water partition coefficient (Wildman–Crippen LogP) is 4.87. The smallest absolute Gasteiger partial charge is 0.308 e. The molecule has 2 radical (unpaired) electrons. The van der Waals surface area contributed by atoms with Gasteiger partial charge in [0.1, 0.15) is 16.4 Å². The van der Waals surface area contributed by atoms with Crippen LogP contribution >= 0.6 is 11.8 Å². The van der Waals surface area contributed by atoms with Crippen molar-refractivity contribution in [2.75, 3.05) is 18.1 Å². The molecule has 6 nitrogen and oxygen atoms in total. The summed E-state index contributed by atoms with van der Waals surface area (Å²) >= 11 is 1.59. The number of carbonyl (C=O) groups excluding carboxylic acids is 1. The van der Waals surface area contributed by atoms with E-state index in [4.69, 9.17) is 9.47 Å². The Morgan fingerprint density at radius 2 is 2.06 bits per heavy atom. The van der Waals surface area contributed by atoms with Gasteiger partial charge in [-0.25, -0.2) is 0 Å². The number of benzene rings is 2. The van der Waals surface area contributed by atoms with Crippen LogP contribution in [0.4, 0.5) is 5.69 Å². The van der Waals surface area contributed by atoms with Crippen molar-refractivity contribution in [1.29, 1.82) is 5.26 Å². The highest BCUT2D eigenvalue weighted by Crippen LogP contribution is 2.45. The Morgan fingerprint density at radius 1 is 1.29 bits per heavy atom. The molecule has 2 aliphatic heterocycles. The number of nitriles is 1. The van der Waals surface area contributed by atoms with E-state index in [0.29, 0.717) is 23.4 Å². The van der Waals surface area contributed by atoms with Gasteiger partial charge in [-0.05, 0) is 42.8 Å². The molecule has 0 amide bonds. The Kier molecular flexibility index (Phi) is 7.06. The Hall–Kier alpha value is -3.53. The lowest BCUT2D eigenvalue weighted by Gasteiger charge is -2.26. The SMILES string of the molecule is CC(=O)Oc1ccc(C2(C)O[C]C(C#N)=C2C=CC=C=C2Sc3ccccc3N2CCO)cc1. The third-order valence-corrected chi connectivity index (χ3v) is 6.51. The molecule has 1 N–H and O–H groups in total. The Bertz CT molecular complexity index is 1270. The highest BCUT2D eigenvalue weighted by Gasteiger charge is 2.39. The first-order valence-electron chi connectivity index (χ1n) is 10.6. The summed E-state index contributed by atoms with van der Waals surface area (Å²) in [6.45, 7) is 6.43. The molecule has 4 rings (SSSR count). The second-order valence-electron chi connectivity index (χ2n) is 7.68. The number of fused-ring (bicyclic) bond motifs is 1. The number of rotatable bonds is 6. The van der Waals surface area contributed by atoms with Gasteiger partial charge < -0.3 is 19.5 Å². The van der Waals surface area contributed by atoms with Gasteiger partial charge in [-0.15, -0.1) is 0 Å². The number of carbonyl (C=O) groups is 1. The fourth-order valence-electron chi connectivity index (χ4n) is 3.78. The van der Waals surface area contributed by atoms with E-state index in [2.05, 4.69) is 18.4 Å². The van der Waals surface area contributed by atoms with Crippen LogP contribution in [-0.2, 0) is 15.1 Å². The van der Waals surface area contributed by atoms with Crippen molar-refractivity contribution >= 4 is 23.4 Å². The van der Waals surface area contributed by atoms with Crippen molar-refractivity contribution in [2.24, 2.45) is 0 Å². The molecule has 170 valence electrons. The van der Waals surface area contributed by atoms with Crippen LogP contribution in [0.15, 0.2) is 93.6 Å². The zero-order chi connectivity index (χ0) is 24.1. The summed E-state index contributed by atoms with van der Waals surface area (Å²) in [6.07, 6.45) is 5.40. The second kappa shape index (κ2) is 10.2. The normalized spacial score (nSPS) is 19.2. The van der Waals surface area contributed by atoms with Crippen LogP contribution in [0.1, 0.15) is 19.4 Å². The van der Waals surface area contributed by atoms with Crippen molar-refractivity contribution < 1.29 is 19.4 Å². The summed E-state index contributed by atoms with van der Waals surface area (Å²) in [7, 11) is 0. The number of aliphatic hydroxyl groups excluding tert-OH is 1. The summed E-state index contributed by atoms with van der Waals surface area (Å²) < 4.78 is 10.9. The average Bonchev–Trinajstić information content (AvgIpc) is 3.35. The molecule has 1 unspecified atom stereocenters. The monoisotopic (exact) mass is 470 g/mol. The molecule has 2 heterocycles. The number of ether oxygens (including phenoxy) is 2. The number of aliphatic hydroxyl groups is 1. The van der Waals surface area contributed by atoms with Gasteiger partial charge >= 0.3 is 5.97 Å². The molecule has 0 saturated carbocycles. The topological polar surface area (TPSA) is 82.8 Å². The van der Waals surface area contributed by atoms with E-state index >= 15 is 0 Å². The minimum absolute atomic E-state index is 0.0337. The summed E-state index contributed by atoms with van der Waals surface area (Å²) in [6, 6.07) is 17.1. The molecule has 2 aliphatic rings. The molecule has 0 spiro atoms. The molecule has 2 aromatic carbocycles. The Morgan fingerprint density at radius 3 is 2.76 bits per heavy atom. The first-order chi connectivity index (χ1) is 16.5. The summed E-state index contributed by atoms with van der Waals surface area (Å²) in [4.78, 5) is 14.3. The second-order valence-corrected chi connectivity index (χ2v) is 8.71. The summed E-state index contributed by atoms with van der Waals surface area (Å²) in [5, 5.41) is 19.9. The maximum absolute atomic E-state index is 11.2. The first kappa shape index (κ1) is 23.6. The van der Waals surface area contributed by atoms with Crippen molar-refractivity contribution in [1.82, 2.24) is 0 Å². The van der Waals surface area contributed by atoms with Crippen molar-refractivity contribution in [3.05, 3.63) is 101 Å². The maximum atomic E-state index is 11.2. The molecule has 34 heavy (non-hydrogen) atoms. The molecule has 7 heteroatoms. The van der Waals surface area contributed by atoms with Gasteiger partial charge in [-0.1, -0.05) is 53.9 Å². The zero-order valence-corrected chi connectivity index (χ0v) is 19.6. The standard InChI is InChI=1S/C27H22N2O4S/c1-19(31)33-22-13-11-21(12-14-22)27(2)23(20(17-28)18-32-27)7-3-6-10-26-29(15-16-30)24-8-4-5-9-25(24)34-26/h3-9,11-14,30H,15-16H2,1-2H3. The Balaban J connectivity index is 1.60. The average molecular weight is 471 g/mol. The summed E-state index contributed by atoms with van der Waals surface area (Å²) in [5.41, 5.74) is 5.18. The third kappa shape index (κ3) is 4.72. The third-order valence-electron chi connectivity index (χ3n) is 5.42. The fourth-order valence-corrected chi connectivity index (χ4v) is 4.84. The van der Waals surface area contributed by atoms with Crippen molar-refractivity contribution in [3.63, 3.8) is 0 Å². The van der Waals surface area contributed by atoms with E-state index in [1.165, 1.54) is 6.92 Å². The number of hydrogen-bond acceptors (Lipinski definition) is 7. The lowest BCUT2D eigenvalue weighted by atomic mass is 9.86. The number of allylic oxidation sites excluding steroid dienone is 2. The van der Waals surface area contributed by atoms with Gasteiger partial charge in [0.15, 0.2) is 6.61 Å². The quantitative estimate of drug-likeness (QED) is 0.279. The lowest BCUT2D eigenvalue weighted by Crippen LogP contribution is -2.23. The van der Waals surface area contributed by atoms with Crippen LogP contribution in [0, 0.1) is 17.9 Å². The van der Waals surface area contributed by atoms with Crippen LogP contribution in [-0.4, -0.2) is 24.2 Å². The molecule has 0 aliphatic carbocycles. The molecule has 1 atom stereocenters. The van der Waals surface area contributed by atoms with E-state index in [-0.39, 0.29) is 6.61 Å². The number of thioether (sulfide) groups is 1. The summed E-state index contributed by atoms with van der Waals surface area (Å²) in [5.74, 6) is 0.0412. The van der Waals surface area contributed by atoms with Gasteiger partial charge in [-0.3, -0.25) is 4.79 Å². The molecule has 0 bridgehead atoms. The van der Waals surface area contributed by atoms with E-state index in [9.17, 15) is 15.2 Å². The number of nitrogens with zero attached hydrogens (tertiary/aromatic N) is 2.